The third-order valence-corrected chi connectivity index (χ3v) is 5.13. The second-order valence-electron chi connectivity index (χ2n) is 7.76. The van der Waals surface area contributed by atoms with E-state index in [0.29, 0.717) is 12.5 Å². The number of carbonyl (C=O) groups excluding carboxylic acids is 2. The highest BCUT2D eigenvalue weighted by Gasteiger charge is 2.70. The first kappa shape index (κ1) is 18.2. The Kier molecular flexibility index (Phi) is 4.72. The SMILES string of the molecule is COC(=O)C1C2C(CN1C(=O)C(N)C(C)(C)C)C2(C)C.Cl. The van der Waals surface area contributed by atoms with Crippen LogP contribution in [0.1, 0.15) is 34.6 Å². The smallest absolute Gasteiger partial charge is 0.328 e. The van der Waals surface area contributed by atoms with Crippen molar-refractivity contribution < 1.29 is 14.3 Å². The summed E-state index contributed by atoms with van der Waals surface area (Å²) in [6.45, 7) is 10.7. The molecule has 122 valence electrons. The highest BCUT2D eigenvalue weighted by Crippen LogP contribution is 2.65. The van der Waals surface area contributed by atoms with E-state index < -0.39 is 12.1 Å². The average molecular weight is 319 g/mol. The zero-order valence-corrected chi connectivity index (χ0v) is 14.5. The molecule has 2 rings (SSSR count). The van der Waals surface area contributed by atoms with Gasteiger partial charge in [0.25, 0.3) is 0 Å². The van der Waals surface area contributed by atoms with Gasteiger partial charge >= 0.3 is 5.97 Å². The third kappa shape index (κ3) is 2.78. The van der Waals surface area contributed by atoms with E-state index in [1.54, 1.807) is 4.90 Å². The standard InChI is InChI=1S/C15H26N2O3.ClH/c1-14(2,3)11(16)12(18)17-7-8-9(15(8,4)5)10(17)13(19)20-6;/h8-11H,7,16H2,1-6H3;1H. The average Bonchev–Trinajstić information content (AvgIpc) is 2.75. The number of likely N-dealkylation sites (tertiary alicyclic amines) is 1. The Bertz CT molecular complexity index is 445. The molecule has 1 heterocycles. The Morgan fingerprint density at radius 2 is 1.86 bits per heavy atom. The van der Waals surface area contributed by atoms with Gasteiger partial charge in [-0.15, -0.1) is 12.4 Å². The summed E-state index contributed by atoms with van der Waals surface area (Å²) in [7, 11) is 1.37. The van der Waals surface area contributed by atoms with Gasteiger partial charge in [-0.2, -0.15) is 0 Å². The van der Waals surface area contributed by atoms with Gasteiger partial charge in [-0.05, 0) is 16.7 Å². The Morgan fingerprint density at radius 1 is 1.33 bits per heavy atom. The number of methoxy groups -OCH3 is 1. The molecule has 0 aromatic heterocycles. The molecule has 21 heavy (non-hydrogen) atoms. The Morgan fingerprint density at radius 3 is 2.29 bits per heavy atom. The number of hydrogen-bond acceptors (Lipinski definition) is 4. The molecule has 0 spiro atoms. The second kappa shape index (κ2) is 5.43. The highest BCUT2D eigenvalue weighted by atomic mass is 35.5. The summed E-state index contributed by atoms with van der Waals surface area (Å²) in [5.74, 6) is 0.113. The van der Waals surface area contributed by atoms with Crippen LogP contribution in [-0.4, -0.2) is 42.5 Å². The number of hydrogen-bond donors (Lipinski definition) is 1. The van der Waals surface area contributed by atoms with Crippen molar-refractivity contribution in [2.45, 2.75) is 46.7 Å². The van der Waals surface area contributed by atoms with E-state index in [2.05, 4.69) is 13.8 Å². The maximum Gasteiger partial charge on any atom is 0.328 e. The third-order valence-electron chi connectivity index (χ3n) is 5.13. The molecule has 1 saturated carbocycles. The number of amides is 1. The lowest BCUT2D eigenvalue weighted by atomic mass is 9.86. The summed E-state index contributed by atoms with van der Waals surface area (Å²) in [4.78, 5) is 26.3. The number of piperidine rings is 1. The number of halogens is 1. The van der Waals surface area contributed by atoms with Crippen LogP contribution in [0.4, 0.5) is 0 Å². The molecule has 0 bridgehead atoms. The summed E-state index contributed by atoms with van der Waals surface area (Å²) in [6.07, 6.45) is 0. The number of fused-ring (bicyclic) bond motifs is 1. The van der Waals surface area contributed by atoms with Crippen molar-refractivity contribution in [2.75, 3.05) is 13.7 Å². The van der Waals surface area contributed by atoms with Crippen LogP contribution >= 0.6 is 12.4 Å². The van der Waals surface area contributed by atoms with Crippen LogP contribution in [0.2, 0.25) is 0 Å². The second-order valence-corrected chi connectivity index (χ2v) is 7.76. The summed E-state index contributed by atoms with van der Waals surface area (Å²) in [6, 6.07) is -1.07. The largest absolute Gasteiger partial charge is 0.467 e. The minimum absolute atomic E-state index is 0. The molecule has 2 N–H and O–H groups in total. The molecular weight excluding hydrogens is 292 g/mol. The minimum Gasteiger partial charge on any atom is -0.467 e. The van der Waals surface area contributed by atoms with Gasteiger partial charge < -0.3 is 15.4 Å². The quantitative estimate of drug-likeness (QED) is 0.782. The van der Waals surface area contributed by atoms with Crippen LogP contribution in [-0.2, 0) is 14.3 Å². The van der Waals surface area contributed by atoms with Crippen LogP contribution in [0.25, 0.3) is 0 Å². The van der Waals surface area contributed by atoms with Crippen molar-refractivity contribution in [1.82, 2.24) is 4.90 Å². The van der Waals surface area contributed by atoms with E-state index in [-0.39, 0.29) is 41.0 Å². The number of ether oxygens (including phenoxy) is 1. The first-order chi connectivity index (χ1) is 9.03. The Labute approximate surface area is 133 Å². The van der Waals surface area contributed by atoms with Crippen LogP contribution in [0.3, 0.4) is 0 Å². The lowest BCUT2D eigenvalue weighted by molar-refractivity contribution is -0.154. The van der Waals surface area contributed by atoms with E-state index in [0.717, 1.165) is 0 Å². The molecule has 1 amide bonds. The predicted molar refractivity (Wildman–Crippen MR) is 83.0 cm³/mol. The summed E-state index contributed by atoms with van der Waals surface area (Å²) < 4.78 is 4.90. The molecule has 1 saturated heterocycles. The Hall–Kier alpha value is -0.810. The molecule has 1 aliphatic heterocycles. The number of rotatable bonds is 2. The molecule has 4 atom stereocenters. The Balaban J connectivity index is 0.00000220. The van der Waals surface area contributed by atoms with E-state index >= 15 is 0 Å². The molecule has 2 fully saturated rings. The van der Waals surface area contributed by atoms with E-state index in [4.69, 9.17) is 10.5 Å². The molecule has 0 aromatic carbocycles. The molecule has 5 nitrogen and oxygen atoms in total. The number of carbonyl (C=O) groups is 2. The number of nitrogens with zero attached hydrogens (tertiary/aromatic N) is 1. The molecule has 2 aliphatic rings. The van der Waals surface area contributed by atoms with Gasteiger partial charge in [0.1, 0.15) is 6.04 Å². The van der Waals surface area contributed by atoms with E-state index in [1.165, 1.54) is 7.11 Å². The lowest BCUT2D eigenvalue weighted by Gasteiger charge is -2.35. The van der Waals surface area contributed by atoms with Gasteiger partial charge in [-0.25, -0.2) is 4.79 Å². The number of esters is 1. The molecular formula is C15H27ClN2O3. The van der Waals surface area contributed by atoms with Gasteiger partial charge in [-0.1, -0.05) is 34.6 Å². The molecule has 1 aliphatic carbocycles. The molecule has 4 unspecified atom stereocenters. The van der Waals surface area contributed by atoms with E-state index in [9.17, 15) is 9.59 Å². The summed E-state index contributed by atoms with van der Waals surface area (Å²) >= 11 is 0. The van der Waals surface area contributed by atoms with Crippen molar-refractivity contribution in [3.63, 3.8) is 0 Å². The minimum atomic E-state index is -0.602. The lowest BCUT2D eigenvalue weighted by Crippen LogP contribution is -2.55. The van der Waals surface area contributed by atoms with Crippen LogP contribution in [0.5, 0.6) is 0 Å². The predicted octanol–water partition coefficient (Wildman–Crippen LogP) is 1.44. The monoisotopic (exact) mass is 318 g/mol. The molecule has 0 aromatic rings. The fraction of sp³-hybridized carbons (Fsp3) is 0.867. The normalized spacial score (nSPS) is 31.0. The van der Waals surface area contributed by atoms with Gasteiger partial charge in [0, 0.05) is 12.5 Å². The number of nitrogens with two attached hydrogens (primary N) is 1. The highest BCUT2D eigenvalue weighted by molar-refractivity contribution is 5.89. The fourth-order valence-corrected chi connectivity index (χ4v) is 3.45. The zero-order chi connectivity index (χ0) is 15.5. The van der Waals surface area contributed by atoms with Gasteiger partial charge in [0.05, 0.1) is 13.2 Å². The topological polar surface area (TPSA) is 72.6 Å². The maximum atomic E-state index is 12.6. The summed E-state index contributed by atoms with van der Waals surface area (Å²) in [5, 5.41) is 0. The van der Waals surface area contributed by atoms with E-state index in [1.807, 2.05) is 20.8 Å². The van der Waals surface area contributed by atoms with Crippen molar-refractivity contribution in [3.05, 3.63) is 0 Å². The maximum absolute atomic E-state index is 12.6. The van der Waals surface area contributed by atoms with Gasteiger partial charge in [0.2, 0.25) is 5.91 Å². The zero-order valence-electron chi connectivity index (χ0n) is 13.7. The molecule has 6 heteroatoms. The van der Waals surface area contributed by atoms with Crippen molar-refractivity contribution in [1.29, 1.82) is 0 Å². The van der Waals surface area contributed by atoms with Crippen molar-refractivity contribution in [2.24, 2.45) is 28.4 Å². The molecule has 0 radical (unpaired) electrons. The first-order valence-corrected chi connectivity index (χ1v) is 7.17. The van der Waals surface area contributed by atoms with Gasteiger partial charge in [-0.3, -0.25) is 4.79 Å². The van der Waals surface area contributed by atoms with Crippen LogP contribution in [0, 0.1) is 22.7 Å². The fourth-order valence-electron chi connectivity index (χ4n) is 3.45. The van der Waals surface area contributed by atoms with Crippen LogP contribution in [0.15, 0.2) is 0 Å². The van der Waals surface area contributed by atoms with Gasteiger partial charge in [0.15, 0.2) is 0 Å². The van der Waals surface area contributed by atoms with Crippen LogP contribution < -0.4 is 5.73 Å². The van der Waals surface area contributed by atoms with Crippen molar-refractivity contribution >= 4 is 24.3 Å². The summed E-state index contributed by atoms with van der Waals surface area (Å²) in [5.41, 5.74) is 5.86. The van der Waals surface area contributed by atoms with Crippen molar-refractivity contribution in [3.8, 4) is 0 Å². The first-order valence-electron chi connectivity index (χ1n) is 7.17.